The zero-order chi connectivity index (χ0) is 24.6. The van der Waals surface area contributed by atoms with Crippen molar-refractivity contribution in [3.05, 3.63) is 76.6 Å². The molecule has 0 saturated heterocycles. The first kappa shape index (κ1) is 22.8. The molecule has 2 aliphatic heterocycles. The van der Waals surface area contributed by atoms with Crippen molar-refractivity contribution in [1.82, 2.24) is 20.0 Å². The molecule has 1 aromatic heterocycles. The number of aromatic amines is 1. The summed E-state index contributed by atoms with van der Waals surface area (Å²) in [6.07, 6.45) is 2.66. The van der Waals surface area contributed by atoms with Gasteiger partial charge in [0.05, 0.1) is 18.2 Å². The molecular formula is C28H31N5O3. The van der Waals surface area contributed by atoms with Gasteiger partial charge >= 0.3 is 0 Å². The van der Waals surface area contributed by atoms with Crippen LogP contribution in [0, 0.1) is 0 Å². The Hall–Kier alpha value is -3.65. The predicted molar refractivity (Wildman–Crippen MR) is 136 cm³/mol. The normalized spacial score (nSPS) is 19.2. The minimum absolute atomic E-state index is 0.0259. The summed E-state index contributed by atoms with van der Waals surface area (Å²) in [4.78, 5) is 30.0. The third-order valence-corrected chi connectivity index (χ3v) is 7.25. The van der Waals surface area contributed by atoms with Gasteiger partial charge in [0, 0.05) is 48.9 Å². The minimum atomic E-state index is -0.472. The highest BCUT2D eigenvalue weighted by Crippen LogP contribution is 2.39. The number of hydrogen-bond donors (Lipinski definition) is 2. The molecule has 3 aliphatic rings. The molecule has 0 spiro atoms. The lowest BCUT2D eigenvalue weighted by atomic mass is 9.89. The fraction of sp³-hybridized carbons (Fsp3) is 0.393. The van der Waals surface area contributed by atoms with Crippen LogP contribution in [-0.4, -0.2) is 52.0 Å². The summed E-state index contributed by atoms with van der Waals surface area (Å²) in [6.45, 7) is 2.96. The Kier molecular flexibility index (Phi) is 5.97. The summed E-state index contributed by atoms with van der Waals surface area (Å²) >= 11 is 0. The summed E-state index contributed by atoms with van der Waals surface area (Å²) < 4.78 is 5.99. The molecule has 1 unspecified atom stereocenters. The van der Waals surface area contributed by atoms with E-state index in [1.165, 1.54) is 24.1 Å². The van der Waals surface area contributed by atoms with Crippen LogP contribution < -0.4 is 10.1 Å². The number of carbonyl (C=O) groups excluding carboxylic acids is 2. The Morgan fingerprint density at radius 2 is 2.03 bits per heavy atom. The number of nitrogens with one attached hydrogen (secondary N) is 2. The number of fused-ring (bicyclic) bond motifs is 2. The molecule has 36 heavy (non-hydrogen) atoms. The molecule has 2 N–H and O–H groups in total. The molecular weight excluding hydrogens is 454 g/mol. The first-order valence-corrected chi connectivity index (χ1v) is 12.7. The molecule has 8 heteroatoms. The lowest BCUT2D eigenvalue weighted by Gasteiger charge is -2.29. The van der Waals surface area contributed by atoms with Crippen molar-refractivity contribution in [1.29, 1.82) is 0 Å². The molecule has 1 fully saturated rings. The van der Waals surface area contributed by atoms with E-state index in [0.717, 1.165) is 41.3 Å². The number of hydrogen-bond acceptors (Lipinski definition) is 5. The second-order valence-electron chi connectivity index (χ2n) is 10.2. The maximum absolute atomic E-state index is 13.6. The summed E-state index contributed by atoms with van der Waals surface area (Å²) in [5.41, 5.74) is 6.09. The average molecular weight is 486 g/mol. The van der Waals surface area contributed by atoms with Crippen LogP contribution in [0.1, 0.15) is 59.2 Å². The molecule has 3 aromatic rings. The lowest BCUT2D eigenvalue weighted by Crippen LogP contribution is -2.39. The molecule has 3 heterocycles. The number of rotatable bonds is 6. The van der Waals surface area contributed by atoms with Gasteiger partial charge in [-0.05, 0) is 55.3 Å². The van der Waals surface area contributed by atoms with E-state index in [2.05, 4.69) is 45.7 Å². The number of ether oxygens (including phenoxy) is 1. The first-order valence-electron chi connectivity index (χ1n) is 12.7. The predicted octanol–water partition coefficient (Wildman–Crippen LogP) is 3.77. The van der Waals surface area contributed by atoms with Crippen molar-refractivity contribution < 1.29 is 14.3 Å². The van der Waals surface area contributed by atoms with Gasteiger partial charge in [0.1, 0.15) is 12.4 Å². The Labute approximate surface area is 210 Å². The van der Waals surface area contributed by atoms with E-state index in [4.69, 9.17) is 4.74 Å². The molecule has 1 aliphatic carbocycles. The first-order chi connectivity index (χ1) is 17.5. The van der Waals surface area contributed by atoms with Crippen LogP contribution >= 0.6 is 0 Å². The van der Waals surface area contributed by atoms with Crippen LogP contribution in [0.2, 0.25) is 0 Å². The van der Waals surface area contributed by atoms with E-state index in [9.17, 15) is 9.59 Å². The largest absolute Gasteiger partial charge is 0.491 e. The second kappa shape index (κ2) is 9.43. The Morgan fingerprint density at radius 3 is 2.89 bits per heavy atom. The van der Waals surface area contributed by atoms with E-state index in [0.29, 0.717) is 25.6 Å². The van der Waals surface area contributed by atoms with Crippen molar-refractivity contribution in [3.8, 4) is 5.75 Å². The second-order valence-corrected chi connectivity index (χ2v) is 10.2. The molecule has 1 saturated carbocycles. The van der Waals surface area contributed by atoms with Crippen LogP contribution in [0.5, 0.6) is 5.75 Å². The van der Waals surface area contributed by atoms with Crippen LogP contribution in [0.15, 0.2) is 48.5 Å². The summed E-state index contributed by atoms with van der Waals surface area (Å²) in [5.74, 6) is 0.848. The minimum Gasteiger partial charge on any atom is -0.491 e. The fourth-order valence-electron chi connectivity index (χ4n) is 5.29. The number of amides is 2. The monoisotopic (exact) mass is 485 g/mol. The van der Waals surface area contributed by atoms with E-state index in [-0.39, 0.29) is 18.2 Å². The SMILES string of the molecule is CN(Cc1ccc2c(c1)CN(C(=O)C1CC(=O)Nc3ccccc31)CCO2)Cc1cc(C2CC2)n[nH]1. The molecule has 2 aromatic carbocycles. The quantitative estimate of drug-likeness (QED) is 0.555. The summed E-state index contributed by atoms with van der Waals surface area (Å²) in [5, 5.41) is 10.5. The van der Waals surface area contributed by atoms with E-state index < -0.39 is 5.92 Å². The van der Waals surface area contributed by atoms with Crippen molar-refractivity contribution in [3.63, 3.8) is 0 Å². The van der Waals surface area contributed by atoms with Crippen molar-refractivity contribution in [2.75, 3.05) is 25.5 Å². The van der Waals surface area contributed by atoms with Gasteiger partial charge in [-0.15, -0.1) is 0 Å². The third kappa shape index (κ3) is 4.73. The Balaban J connectivity index is 1.16. The van der Waals surface area contributed by atoms with Crippen molar-refractivity contribution >= 4 is 17.5 Å². The summed E-state index contributed by atoms with van der Waals surface area (Å²) in [6, 6.07) is 16.0. The standard InChI is InChI=1S/C28H31N5O3/c1-32(17-21-13-25(31-30-21)19-7-8-19)15-18-6-9-26-20(12-18)16-33(10-11-36-26)28(35)23-14-27(34)29-24-5-3-2-4-22(23)24/h2-6,9,12-13,19,23H,7-8,10-11,14-17H2,1H3,(H,29,34)(H,30,31). The van der Waals surface area contributed by atoms with Gasteiger partial charge in [-0.25, -0.2) is 0 Å². The molecule has 186 valence electrons. The number of carbonyl (C=O) groups is 2. The maximum Gasteiger partial charge on any atom is 0.231 e. The van der Waals surface area contributed by atoms with Crippen LogP contribution in [0.25, 0.3) is 0 Å². The molecule has 0 bridgehead atoms. The highest BCUT2D eigenvalue weighted by molar-refractivity contribution is 6.01. The molecule has 8 nitrogen and oxygen atoms in total. The van der Waals surface area contributed by atoms with Gasteiger partial charge in [-0.3, -0.25) is 19.6 Å². The zero-order valence-corrected chi connectivity index (χ0v) is 20.5. The lowest BCUT2D eigenvalue weighted by molar-refractivity contribution is -0.135. The van der Waals surface area contributed by atoms with Gasteiger partial charge < -0.3 is 15.0 Å². The van der Waals surface area contributed by atoms with Gasteiger partial charge in [0.25, 0.3) is 0 Å². The highest BCUT2D eigenvalue weighted by atomic mass is 16.5. The topological polar surface area (TPSA) is 90.6 Å². The van der Waals surface area contributed by atoms with E-state index in [1.54, 1.807) is 0 Å². The molecule has 2 amide bonds. The Morgan fingerprint density at radius 1 is 1.17 bits per heavy atom. The highest BCUT2D eigenvalue weighted by Gasteiger charge is 2.34. The van der Waals surface area contributed by atoms with Crippen LogP contribution in [0.3, 0.4) is 0 Å². The fourth-order valence-corrected chi connectivity index (χ4v) is 5.29. The number of H-pyrrole nitrogens is 1. The number of aromatic nitrogens is 2. The van der Waals surface area contributed by atoms with E-state index in [1.807, 2.05) is 35.2 Å². The smallest absolute Gasteiger partial charge is 0.231 e. The summed E-state index contributed by atoms with van der Waals surface area (Å²) in [7, 11) is 2.10. The third-order valence-electron chi connectivity index (χ3n) is 7.25. The van der Waals surface area contributed by atoms with E-state index >= 15 is 0 Å². The molecule has 6 rings (SSSR count). The number of nitrogens with zero attached hydrogens (tertiary/aromatic N) is 3. The average Bonchev–Trinajstić information content (AvgIpc) is 3.65. The Bertz CT molecular complexity index is 1300. The number of anilines is 1. The van der Waals surface area contributed by atoms with Crippen molar-refractivity contribution in [2.45, 2.75) is 50.7 Å². The zero-order valence-electron chi connectivity index (χ0n) is 20.5. The number of para-hydroxylation sites is 1. The van der Waals surface area contributed by atoms with Gasteiger partial charge in [-0.2, -0.15) is 5.10 Å². The van der Waals surface area contributed by atoms with Crippen molar-refractivity contribution in [2.24, 2.45) is 0 Å². The molecule has 1 atom stereocenters. The number of benzene rings is 2. The van der Waals surface area contributed by atoms with Gasteiger partial charge in [0.15, 0.2) is 0 Å². The van der Waals surface area contributed by atoms with Crippen LogP contribution in [0.4, 0.5) is 5.69 Å². The van der Waals surface area contributed by atoms with Crippen LogP contribution in [-0.2, 0) is 29.2 Å². The van der Waals surface area contributed by atoms with Gasteiger partial charge in [0.2, 0.25) is 11.8 Å². The maximum atomic E-state index is 13.6. The molecule has 0 radical (unpaired) electrons. The van der Waals surface area contributed by atoms with Gasteiger partial charge in [-0.1, -0.05) is 24.3 Å².